The number of benzene rings is 3. The minimum absolute atomic E-state index is 0.110. The number of fused-ring (bicyclic) bond motifs is 2. The summed E-state index contributed by atoms with van der Waals surface area (Å²) in [5.41, 5.74) is 1.90. The minimum atomic E-state index is -0.110. The van der Waals surface area contributed by atoms with Crippen molar-refractivity contribution in [3.05, 3.63) is 70.0 Å². The molecule has 1 aromatic heterocycles. The molecule has 5 nitrogen and oxygen atoms in total. The third kappa shape index (κ3) is 4.45. The van der Waals surface area contributed by atoms with Crippen molar-refractivity contribution in [2.75, 3.05) is 51.3 Å². The van der Waals surface area contributed by atoms with Crippen molar-refractivity contribution in [2.45, 2.75) is 0 Å². The summed E-state index contributed by atoms with van der Waals surface area (Å²) in [5, 5.41) is 8.66. The van der Waals surface area contributed by atoms with Gasteiger partial charge in [-0.25, -0.2) is 0 Å². The number of amides is 1. The molecule has 7 heteroatoms. The van der Waals surface area contributed by atoms with Crippen LogP contribution in [0.15, 0.2) is 64.5 Å². The third-order valence-electron chi connectivity index (χ3n) is 6.28. The number of nitrogens with zero attached hydrogens (tertiary/aromatic N) is 2. The Morgan fingerprint density at radius 2 is 1.73 bits per heavy atom. The van der Waals surface area contributed by atoms with Crippen molar-refractivity contribution in [3.63, 3.8) is 0 Å². The largest absolute Gasteiger partial charge is 0.495 e. The number of carbonyl (C=O) groups excluding carboxylic acids is 1. The Balaban J connectivity index is 1.18. The smallest absolute Gasteiger partial charge is 0.255 e. The van der Waals surface area contributed by atoms with Crippen LogP contribution in [0.5, 0.6) is 5.75 Å². The maximum atomic E-state index is 13.0. The molecule has 1 N–H and O–H groups in total. The Hall–Kier alpha value is -2.61. The fourth-order valence-electron chi connectivity index (χ4n) is 4.54. The second-order valence-corrected chi connectivity index (χ2v) is 9.95. The lowest BCUT2D eigenvalue weighted by Crippen LogP contribution is -2.48. The summed E-state index contributed by atoms with van der Waals surface area (Å²) in [4.78, 5) is 17.8. The molecule has 0 unspecified atom stereocenters. The van der Waals surface area contributed by atoms with Gasteiger partial charge in [0.1, 0.15) is 5.75 Å². The molecule has 170 valence electrons. The van der Waals surface area contributed by atoms with Gasteiger partial charge in [-0.3, -0.25) is 9.69 Å². The van der Waals surface area contributed by atoms with E-state index in [1.165, 1.54) is 15.8 Å². The summed E-state index contributed by atoms with van der Waals surface area (Å²) in [6.07, 6.45) is 0. The molecule has 1 saturated heterocycles. The quantitative estimate of drug-likeness (QED) is 0.368. The lowest BCUT2D eigenvalue weighted by Gasteiger charge is -2.35. The number of piperazine rings is 1. The maximum Gasteiger partial charge on any atom is 0.255 e. The number of methoxy groups -OCH3 is 1. The zero-order valence-corrected chi connectivity index (χ0v) is 20.9. The van der Waals surface area contributed by atoms with E-state index in [9.17, 15) is 4.79 Å². The van der Waals surface area contributed by atoms with E-state index in [-0.39, 0.29) is 5.91 Å². The molecular formula is C26H26BrN3O2S. The number of thiophene rings is 1. The van der Waals surface area contributed by atoms with Gasteiger partial charge < -0.3 is 15.0 Å². The van der Waals surface area contributed by atoms with Crippen LogP contribution in [-0.4, -0.2) is 57.2 Å². The van der Waals surface area contributed by atoms with Crippen LogP contribution in [0.25, 0.3) is 20.9 Å². The number of rotatable bonds is 6. The number of anilines is 1. The highest BCUT2D eigenvalue weighted by molar-refractivity contribution is 9.10. The van der Waals surface area contributed by atoms with Gasteiger partial charge in [0.25, 0.3) is 5.91 Å². The maximum absolute atomic E-state index is 13.0. The first kappa shape index (κ1) is 22.2. The summed E-state index contributed by atoms with van der Waals surface area (Å²) in [7, 11) is 1.61. The second-order valence-electron chi connectivity index (χ2n) is 8.19. The monoisotopic (exact) mass is 523 g/mol. The van der Waals surface area contributed by atoms with Crippen LogP contribution in [0.4, 0.5) is 5.69 Å². The SMILES string of the molecule is COc1c(C(=O)NCCN2CCN(c3csc4ccccc34)CC2)cc(Br)c2ccccc12. The van der Waals surface area contributed by atoms with Gasteiger partial charge in [0.05, 0.1) is 18.4 Å². The topological polar surface area (TPSA) is 44.8 Å². The van der Waals surface area contributed by atoms with Crippen molar-refractivity contribution in [3.8, 4) is 5.75 Å². The van der Waals surface area contributed by atoms with Gasteiger partial charge in [0, 0.05) is 64.6 Å². The first-order chi connectivity index (χ1) is 16.2. The molecular weight excluding hydrogens is 498 g/mol. The zero-order chi connectivity index (χ0) is 22.8. The van der Waals surface area contributed by atoms with E-state index >= 15 is 0 Å². The Labute approximate surface area is 206 Å². The van der Waals surface area contributed by atoms with Gasteiger partial charge in [0.2, 0.25) is 0 Å². The lowest BCUT2D eigenvalue weighted by molar-refractivity contribution is 0.0945. The fraction of sp³-hybridized carbons (Fsp3) is 0.269. The molecule has 1 amide bonds. The normalized spacial score (nSPS) is 14.7. The van der Waals surface area contributed by atoms with Gasteiger partial charge in [-0.05, 0) is 17.5 Å². The predicted molar refractivity (Wildman–Crippen MR) is 141 cm³/mol. The summed E-state index contributed by atoms with van der Waals surface area (Å²) in [5.74, 6) is 0.504. The summed E-state index contributed by atoms with van der Waals surface area (Å²) in [6, 6.07) is 18.4. The van der Waals surface area contributed by atoms with Crippen LogP contribution in [-0.2, 0) is 0 Å². The Bertz CT molecular complexity index is 1300. The lowest BCUT2D eigenvalue weighted by atomic mass is 10.0. The number of carbonyl (C=O) groups is 1. The van der Waals surface area contributed by atoms with E-state index in [0.717, 1.165) is 48.0 Å². The Kier molecular flexibility index (Phi) is 6.53. The number of hydrogen-bond acceptors (Lipinski definition) is 5. The zero-order valence-electron chi connectivity index (χ0n) is 18.5. The van der Waals surface area contributed by atoms with Gasteiger partial charge in [-0.2, -0.15) is 0 Å². The second kappa shape index (κ2) is 9.71. The highest BCUT2D eigenvalue weighted by atomic mass is 79.9. The van der Waals surface area contributed by atoms with Crippen LogP contribution in [0, 0.1) is 0 Å². The minimum Gasteiger partial charge on any atom is -0.495 e. The molecule has 2 heterocycles. The van der Waals surface area contributed by atoms with E-state index in [4.69, 9.17) is 4.74 Å². The molecule has 4 aromatic rings. The molecule has 0 atom stereocenters. The van der Waals surface area contributed by atoms with E-state index in [2.05, 4.69) is 60.7 Å². The molecule has 0 bridgehead atoms. The molecule has 1 aliphatic rings. The van der Waals surface area contributed by atoms with Gasteiger partial charge in [0.15, 0.2) is 0 Å². The van der Waals surface area contributed by atoms with Crippen LogP contribution in [0.1, 0.15) is 10.4 Å². The third-order valence-corrected chi connectivity index (χ3v) is 7.89. The van der Waals surface area contributed by atoms with Gasteiger partial charge in [-0.15, -0.1) is 11.3 Å². The molecule has 1 aliphatic heterocycles. The van der Waals surface area contributed by atoms with E-state index < -0.39 is 0 Å². The van der Waals surface area contributed by atoms with Crippen LogP contribution < -0.4 is 15.0 Å². The van der Waals surface area contributed by atoms with Gasteiger partial charge >= 0.3 is 0 Å². The summed E-state index contributed by atoms with van der Waals surface area (Å²) < 4.78 is 7.84. The molecule has 3 aromatic carbocycles. The molecule has 5 rings (SSSR count). The van der Waals surface area contributed by atoms with Crippen molar-refractivity contribution in [1.82, 2.24) is 10.2 Å². The molecule has 0 radical (unpaired) electrons. The van der Waals surface area contributed by atoms with E-state index in [1.54, 1.807) is 7.11 Å². The number of nitrogens with one attached hydrogen (secondary N) is 1. The van der Waals surface area contributed by atoms with Crippen molar-refractivity contribution >= 4 is 59.7 Å². The van der Waals surface area contributed by atoms with Crippen LogP contribution in [0.3, 0.4) is 0 Å². The molecule has 1 fully saturated rings. The first-order valence-electron chi connectivity index (χ1n) is 11.1. The number of hydrogen-bond donors (Lipinski definition) is 1. The highest BCUT2D eigenvalue weighted by Gasteiger charge is 2.21. The average molecular weight is 524 g/mol. The molecule has 0 aliphatic carbocycles. The number of halogens is 1. The van der Waals surface area contributed by atoms with Crippen LogP contribution in [0.2, 0.25) is 0 Å². The van der Waals surface area contributed by atoms with Crippen LogP contribution >= 0.6 is 27.3 Å². The van der Waals surface area contributed by atoms with Crippen molar-refractivity contribution in [1.29, 1.82) is 0 Å². The molecule has 0 saturated carbocycles. The number of ether oxygens (including phenoxy) is 1. The fourth-order valence-corrected chi connectivity index (χ4v) is 6.08. The van der Waals surface area contributed by atoms with Crippen molar-refractivity contribution < 1.29 is 9.53 Å². The van der Waals surface area contributed by atoms with Gasteiger partial charge in [-0.1, -0.05) is 58.4 Å². The first-order valence-corrected chi connectivity index (χ1v) is 12.8. The molecule has 0 spiro atoms. The predicted octanol–water partition coefficient (Wildman–Crippen LogP) is 5.38. The molecule has 33 heavy (non-hydrogen) atoms. The Morgan fingerprint density at radius 3 is 2.48 bits per heavy atom. The van der Waals surface area contributed by atoms with E-state index in [1.807, 2.05) is 41.7 Å². The van der Waals surface area contributed by atoms with Crippen molar-refractivity contribution in [2.24, 2.45) is 0 Å². The standard InChI is InChI=1S/C26H26BrN3O2S/c1-32-25-19-7-3-2-6-18(19)22(27)16-21(25)26(31)28-10-11-29-12-14-30(15-13-29)23-17-33-24-9-5-4-8-20(23)24/h2-9,16-17H,10-15H2,1H3,(H,28,31). The summed E-state index contributed by atoms with van der Waals surface area (Å²) in [6.45, 7) is 5.42. The highest BCUT2D eigenvalue weighted by Crippen LogP contribution is 2.35. The van der Waals surface area contributed by atoms with E-state index in [0.29, 0.717) is 17.9 Å². The Morgan fingerprint density at radius 1 is 1.03 bits per heavy atom. The summed E-state index contributed by atoms with van der Waals surface area (Å²) >= 11 is 5.41. The average Bonchev–Trinajstić information content (AvgIpc) is 3.29.